The van der Waals surface area contributed by atoms with Gasteiger partial charge in [-0.05, 0) is 50.2 Å². The van der Waals surface area contributed by atoms with Gasteiger partial charge in [0, 0.05) is 5.69 Å². The highest BCUT2D eigenvalue weighted by Crippen LogP contribution is 2.16. The number of aliphatic hydroxyl groups is 1. The molecule has 0 fully saturated rings. The van der Waals surface area contributed by atoms with Gasteiger partial charge in [0.25, 0.3) is 5.91 Å². The Bertz CT molecular complexity index is 713. The van der Waals surface area contributed by atoms with Crippen molar-refractivity contribution in [2.24, 2.45) is 0 Å². The molecule has 2 aromatic carbocycles. The molecular weight excluding hydrogens is 292 g/mol. The smallest absolute Gasteiger partial charge is 0.259 e. The Morgan fingerprint density at radius 1 is 1.22 bits per heavy atom. The van der Waals surface area contributed by atoms with Crippen molar-refractivity contribution in [3.63, 3.8) is 0 Å². The third kappa shape index (κ3) is 4.56. The number of ether oxygens (including phenoxy) is 1. The monoisotopic (exact) mass is 310 g/mol. The topological polar surface area (TPSA) is 82.3 Å². The molecule has 1 atom stereocenters. The number of hydrogen-bond acceptors (Lipinski definition) is 4. The number of benzene rings is 2. The number of amides is 1. The van der Waals surface area contributed by atoms with Crippen LogP contribution in [0, 0.1) is 18.3 Å². The molecule has 1 amide bonds. The van der Waals surface area contributed by atoms with E-state index >= 15 is 0 Å². The summed E-state index contributed by atoms with van der Waals surface area (Å²) in [6.45, 7) is 3.14. The zero-order valence-electron chi connectivity index (χ0n) is 13.0. The van der Waals surface area contributed by atoms with Crippen LogP contribution in [0.2, 0.25) is 0 Å². The van der Waals surface area contributed by atoms with E-state index in [4.69, 9.17) is 10.00 Å². The van der Waals surface area contributed by atoms with Crippen LogP contribution in [0.1, 0.15) is 18.1 Å². The van der Waals surface area contributed by atoms with E-state index < -0.39 is 11.5 Å². The highest BCUT2D eigenvalue weighted by atomic mass is 16.5. The SMILES string of the molecule is Cc1ccc(NC(=O)[C@@](C)(O)COc2ccc(C#N)cc2)cc1. The Morgan fingerprint density at radius 3 is 2.39 bits per heavy atom. The van der Waals surface area contributed by atoms with E-state index in [1.807, 2.05) is 25.1 Å². The molecule has 2 aromatic rings. The molecule has 5 heteroatoms. The standard InChI is InChI=1S/C18H18N2O3/c1-13-3-7-15(8-4-13)20-17(21)18(2,22)12-23-16-9-5-14(11-19)6-10-16/h3-10,22H,12H2,1-2H3,(H,20,21)/t18-/m0/s1. The molecule has 0 aliphatic carbocycles. The van der Waals surface area contributed by atoms with Crippen molar-refractivity contribution in [1.82, 2.24) is 0 Å². The molecule has 23 heavy (non-hydrogen) atoms. The zero-order chi connectivity index (χ0) is 16.9. The lowest BCUT2D eigenvalue weighted by Gasteiger charge is -2.22. The lowest BCUT2D eigenvalue weighted by molar-refractivity contribution is -0.135. The van der Waals surface area contributed by atoms with Crippen LogP contribution in [0.5, 0.6) is 5.75 Å². The zero-order valence-corrected chi connectivity index (χ0v) is 13.0. The van der Waals surface area contributed by atoms with Gasteiger partial charge in [-0.25, -0.2) is 0 Å². The van der Waals surface area contributed by atoms with E-state index in [0.29, 0.717) is 17.0 Å². The number of nitrogens with zero attached hydrogens (tertiary/aromatic N) is 1. The van der Waals surface area contributed by atoms with Crippen molar-refractivity contribution >= 4 is 11.6 Å². The largest absolute Gasteiger partial charge is 0.490 e. The Morgan fingerprint density at radius 2 is 1.83 bits per heavy atom. The number of nitrogens with one attached hydrogen (secondary N) is 1. The van der Waals surface area contributed by atoms with Gasteiger partial charge in [-0.2, -0.15) is 5.26 Å². The van der Waals surface area contributed by atoms with Gasteiger partial charge in [0.1, 0.15) is 12.4 Å². The molecule has 0 bridgehead atoms. The minimum Gasteiger partial charge on any atom is -0.490 e. The first-order chi connectivity index (χ1) is 10.9. The molecule has 0 aliphatic rings. The number of carbonyl (C=O) groups is 1. The van der Waals surface area contributed by atoms with E-state index in [0.717, 1.165) is 5.56 Å². The number of nitriles is 1. The molecule has 0 saturated heterocycles. The maximum absolute atomic E-state index is 12.2. The van der Waals surface area contributed by atoms with Gasteiger partial charge in [0.15, 0.2) is 5.60 Å². The van der Waals surface area contributed by atoms with Crippen LogP contribution < -0.4 is 10.1 Å². The van der Waals surface area contributed by atoms with Gasteiger partial charge in [-0.3, -0.25) is 4.79 Å². The first-order valence-electron chi connectivity index (χ1n) is 7.14. The molecule has 0 heterocycles. The van der Waals surface area contributed by atoms with E-state index in [1.165, 1.54) is 6.92 Å². The van der Waals surface area contributed by atoms with Gasteiger partial charge in [-0.15, -0.1) is 0 Å². The van der Waals surface area contributed by atoms with Gasteiger partial charge in [0.2, 0.25) is 0 Å². The second-order valence-electron chi connectivity index (χ2n) is 5.52. The van der Waals surface area contributed by atoms with Gasteiger partial charge < -0.3 is 15.2 Å². The third-order valence-electron chi connectivity index (χ3n) is 3.30. The predicted octanol–water partition coefficient (Wildman–Crippen LogP) is 2.64. The predicted molar refractivity (Wildman–Crippen MR) is 87.1 cm³/mol. The second-order valence-corrected chi connectivity index (χ2v) is 5.52. The summed E-state index contributed by atoms with van der Waals surface area (Å²) in [6.07, 6.45) is 0. The van der Waals surface area contributed by atoms with Crippen LogP contribution in [0.3, 0.4) is 0 Å². The van der Waals surface area contributed by atoms with Crippen molar-refractivity contribution in [3.8, 4) is 11.8 Å². The van der Waals surface area contributed by atoms with Crippen molar-refractivity contribution in [3.05, 3.63) is 59.7 Å². The minimum absolute atomic E-state index is 0.198. The fraction of sp³-hybridized carbons (Fsp3) is 0.222. The number of anilines is 1. The van der Waals surface area contributed by atoms with E-state index in [1.54, 1.807) is 36.4 Å². The highest BCUT2D eigenvalue weighted by Gasteiger charge is 2.31. The average molecular weight is 310 g/mol. The summed E-state index contributed by atoms with van der Waals surface area (Å²) in [5.74, 6) is -0.0672. The summed E-state index contributed by atoms with van der Waals surface area (Å²) in [6, 6.07) is 15.7. The van der Waals surface area contributed by atoms with Crippen molar-refractivity contribution in [1.29, 1.82) is 5.26 Å². The lowest BCUT2D eigenvalue weighted by Crippen LogP contribution is -2.45. The normalized spacial score (nSPS) is 12.8. The molecule has 2 rings (SSSR count). The Hall–Kier alpha value is -2.84. The fourth-order valence-electron chi connectivity index (χ4n) is 1.82. The van der Waals surface area contributed by atoms with Gasteiger partial charge in [-0.1, -0.05) is 17.7 Å². The molecule has 0 unspecified atom stereocenters. The van der Waals surface area contributed by atoms with Crippen molar-refractivity contribution in [2.75, 3.05) is 11.9 Å². The van der Waals surface area contributed by atoms with E-state index in [9.17, 15) is 9.90 Å². The molecule has 0 saturated carbocycles. The molecule has 0 radical (unpaired) electrons. The summed E-state index contributed by atoms with van der Waals surface area (Å²) >= 11 is 0. The summed E-state index contributed by atoms with van der Waals surface area (Å²) in [5, 5.41) is 21.7. The molecule has 5 nitrogen and oxygen atoms in total. The van der Waals surface area contributed by atoms with Crippen LogP contribution >= 0.6 is 0 Å². The fourth-order valence-corrected chi connectivity index (χ4v) is 1.82. The van der Waals surface area contributed by atoms with Crippen LogP contribution in [0.15, 0.2) is 48.5 Å². The summed E-state index contributed by atoms with van der Waals surface area (Å²) in [7, 11) is 0. The number of aryl methyl sites for hydroxylation is 1. The van der Waals surface area contributed by atoms with Crippen LogP contribution in [0.4, 0.5) is 5.69 Å². The average Bonchev–Trinajstić information content (AvgIpc) is 2.55. The molecule has 0 aliphatic heterocycles. The highest BCUT2D eigenvalue weighted by molar-refractivity contribution is 5.96. The maximum atomic E-state index is 12.2. The summed E-state index contributed by atoms with van der Waals surface area (Å²) in [4.78, 5) is 12.2. The minimum atomic E-state index is -1.68. The van der Waals surface area contributed by atoms with Crippen molar-refractivity contribution < 1.29 is 14.6 Å². The number of hydrogen-bond donors (Lipinski definition) is 2. The number of rotatable bonds is 5. The maximum Gasteiger partial charge on any atom is 0.259 e. The molecule has 118 valence electrons. The summed E-state index contributed by atoms with van der Waals surface area (Å²) in [5.41, 5.74) is 0.526. The van der Waals surface area contributed by atoms with Crippen LogP contribution in [0.25, 0.3) is 0 Å². The molecule has 0 aromatic heterocycles. The first-order valence-corrected chi connectivity index (χ1v) is 7.14. The summed E-state index contributed by atoms with van der Waals surface area (Å²) < 4.78 is 5.43. The molecule has 2 N–H and O–H groups in total. The van der Waals surface area contributed by atoms with Crippen LogP contribution in [-0.4, -0.2) is 23.2 Å². The Kier molecular flexibility index (Phi) is 4.99. The van der Waals surface area contributed by atoms with Crippen molar-refractivity contribution in [2.45, 2.75) is 19.4 Å². The first kappa shape index (κ1) is 16.5. The molecular formula is C18H18N2O3. The second kappa shape index (κ2) is 6.95. The Balaban J connectivity index is 1.95. The van der Waals surface area contributed by atoms with E-state index in [-0.39, 0.29) is 6.61 Å². The van der Waals surface area contributed by atoms with E-state index in [2.05, 4.69) is 5.32 Å². The third-order valence-corrected chi connectivity index (χ3v) is 3.30. The lowest BCUT2D eigenvalue weighted by atomic mass is 10.1. The quantitative estimate of drug-likeness (QED) is 0.889. The Labute approximate surface area is 135 Å². The van der Waals surface area contributed by atoms with Gasteiger partial charge >= 0.3 is 0 Å². The molecule has 0 spiro atoms. The van der Waals surface area contributed by atoms with Gasteiger partial charge in [0.05, 0.1) is 11.6 Å². The van der Waals surface area contributed by atoms with Crippen LogP contribution in [-0.2, 0) is 4.79 Å². The number of carbonyl (C=O) groups excluding carboxylic acids is 1.